The maximum absolute atomic E-state index is 13.8. The highest BCUT2D eigenvalue weighted by atomic mass is 19.1. The molecule has 2 N–H and O–H groups in total. The van der Waals surface area contributed by atoms with E-state index in [9.17, 15) is 18.8 Å². The van der Waals surface area contributed by atoms with Crippen molar-refractivity contribution in [3.63, 3.8) is 0 Å². The topological polar surface area (TPSA) is 98.9 Å². The van der Waals surface area contributed by atoms with Gasteiger partial charge >= 0.3 is 5.97 Å². The fraction of sp³-hybridized carbons (Fsp3) is 0.438. The van der Waals surface area contributed by atoms with Crippen LogP contribution in [0.15, 0.2) is 18.2 Å². The fourth-order valence-corrected chi connectivity index (χ4v) is 2.52. The van der Waals surface area contributed by atoms with Crippen LogP contribution in [-0.4, -0.2) is 49.5 Å². The molecule has 0 aromatic heterocycles. The Kier molecular flexibility index (Phi) is 5.73. The van der Waals surface area contributed by atoms with Gasteiger partial charge in [0.2, 0.25) is 5.91 Å². The van der Waals surface area contributed by atoms with Crippen molar-refractivity contribution in [1.82, 2.24) is 4.90 Å². The van der Waals surface area contributed by atoms with Crippen molar-refractivity contribution >= 4 is 17.8 Å². The van der Waals surface area contributed by atoms with Gasteiger partial charge in [-0.25, -0.2) is 9.18 Å². The molecule has 24 heavy (non-hydrogen) atoms. The summed E-state index contributed by atoms with van der Waals surface area (Å²) in [5.74, 6) is -2.75. The zero-order valence-electron chi connectivity index (χ0n) is 13.3. The number of nitrogens with zero attached hydrogens (tertiary/aromatic N) is 1. The zero-order valence-corrected chi connectivity index (χ0v) is 13.3. The van der Waals surface area contributed by atoms with Crippen LogP contribution in [0, 0.1) is 11.7 Å². The van der Waals surface area contributed by atoms with Crippen LogP contribution in [0.4, 0.5) is 4.39 Å². The highest BCUT2D eigenvalue weighted by Crippen LogP contribution is 2.18. The van der Waals surface area contributed by atoms with E-state index in [-0.39, 0.29) is 17.9 Å². The van der Waals surface area contributed by atoms with E-state index >= 15 is 0 Å². The maximum atomic E-state index is 13.8. The van der Waals surface area contributed by atoms with Crippen molar-refractivity contribution in [3.05, 3.63) is 29.6 Å². The normalized spacial score (nSPS) is 17.2. The van der Waals surface area contributed by atoms with Crippen LogP contribution in [0.1, 0.15) is 23.2 Å². The number of hydrogen-bond donors (Lipinski definition) is 1. The molecule has 7 nitrogen and oxygen atoms in total. The lowest BCUT2D eigenvalue weighted by molar-refractivity contribution is -0.137. The Bertz CT molecular complexity index is 649. The largest absolute Gasteiger partial charge is 0.497 e. The number of primary amides is 1. The molecule has 1 aliphatic heterocycles. The molecule has 1 fully saturated rings. The first-order valence-electron chi connectivity index (χ1n) is 7.50. The van der Waals surface area contributed by atoms with Gasteiger partial charge in [-0.2, -0.15) is 0 Å². The minimum absolute atomic E-state index is 0.211. The van der Waals surface area contributed by atoms with Gasteiger partial charge in [-0.05, 0) is 25.0 Å². The van der Waals surface area contributed by atoms with E-state index in [1.165, 1.54) is 24.1 Å². The molecule has 1 saturated heterocycles. The maximum Gasteiger partial charge on any atom is 0.341 e. The summed E-state index contributed by atoms with van der Waals surface area (Å²) in [7, 11) is 1.38. The number of likely N-dealkylation sites (tertiary alicyclic amines) is 1. The predicted octanol–water partition coefficient (Wildman–Crippen LogP) is 0.715. The van der Waals surface area contributed by atoms with E-state index in [1.54, 1.807) is 0 Å². The molecule has 0 spiro atoms. The summed E-state index contributed by atoms with van der Waals surface area (Å²) < 4.78 is 23.5. The summed E-state index contributed by atoms with van der Waals surface area (Å²) in [4.78, 5) is 36.6. The van der Waals surface area contributed by atoms with E-state index in [0.29, 0.717) is 19.4 Å². The molecule has 1 aromatic rings. The van der Waals surface area contributed by atoms with Crippen LogP contribution in [0.2, 0.25) is 0 Å². The van der Waals surface area contributed by atoms with Gasteiger partial charge in [0.05, 0.1) is 18.6 Å². The first-order valence-corrected chi connectivity index (χ1v) is 7.50. The second-order valence-corrected chi connectivity index (χ2v) is 5.50. The molecular formula is C16H19FN2O5. The summed E-state index contributed by atoms with van der Waals surface area (Å²) in [6, 6.07) is 3.70. The van der Waals surface area contributed by atoms with Gasteiger partial charge in [0.1, 0.15) is 11.6 Å². The Hall–Kier alpha value is -2.64. The van der Waals surface area contributed by atoms with Crippen LogP contribution < -0.4 is 10.5 Å². The molecule has 1 aromatic carbocycles. The van der Waals surface area contributed by atoms with Gasteiger partial charge in [0, 0.05) is 19.2 Å². The second-order valence-electron chi connectivity index (χ2n) is 5.50. The number of amides is 2. The number of rotatable bonds is 5. The predicted molar refractivity (Wildman–Crippen MR) is 81.7 cm³/mol. The van der Waals surface area contributed by atoms with Gasteiger partial charge in [0.25, 0.3) is 5.91 Å². The molecular weight excluding hydrogens is 319 g/mol. The fourth-order valence-electron chi connectivity index (χ4n) is 2.52. The lowest BCUT2D eigenvalue weighted by Crippen LogP contribution is -2.45. The highest BCUT2D eigenvalue weighted by Gasteiger charge is 2.27. The van der Waals surface area contributed by atoms with Crippen LogP contribution in [-0.2, 0) is 14.3 Å². The van der Waals surface area contributed by atoms with E-state index in [2.05, 4.69) is 0 Å². The number of nitrogens with two attached hydrogens (primary N) is 1. The Morgan fingerprint density at radius 2 is 2.12 bits per heavy atom. The molecule has 8 heteroatoms. The molecule has 1 atom stereocenters. The Morgan fingerprint density at radius 3 is 2.75 bits per heavy atom. The molecule has 0 radical (unpaired) electrons. The molecule has 2 amide bonds. The number of methoxy groups -OCH3 is 1. The number of ether oxygens (including phenoxy) is 2. The standard InChI is InChI=1S/C16H19FN2O5/c1-23-11-4-5-12(13(17)7-11)16(22)24-9-14(20)19-6-2-3-10(8-19)15(18)21/h4-5,7,10H,2-3,6,8-9H2,1H3,(H2,18,21)/t10-/m0/s1. The molecule has 130 valence electrons. The molecule has 0 aliphatic carbocycles. The third-order valence-corrected chi connectivity index (χ3v) is 3.90. The lowest BCUT2D eigenvalue weighted by atomic mass is 9.97. The number of esters is 1. The van der Waals surface area contributed by atoms with Gasteiger partial charge in [-0.1, -0.05) is 0 Å². The van der Waals surface area contributed by atoms with Crippen molar-refractivity contribution in [3.8, 4) is 5.75 Å². The Balaban J connectivity index is 1.91. The third-order valence-electron chi connectivity index (χ3n) is 3.90. The quantitative estimate of drug-likeness (QED) is 0.798. The third kappa shape index (κ3) is 4.21. The van der Waals surface area contributed by atoms with Crippen molar-refractivity contribution in [2.24, 2.45) is 11.7 Å². The number of carbonyl (C=O) groups is 3. The zero-order chi connectivity index (χ0) is 17.7. The number of benzene rings is 1. The monoisotopic (exact) mass is 338 g/mol. The first-order chi connectivity index (χ1) is 11.4. The van der Waals surface area contributed by atoms with Crippen LogP contribution >= 0.6 is 0 Å². The average molecular weight is 338 g/mol. The molecule has 1 aliphatic rings. The van der Waals surface area contributed by atoms with Gasteiger partial charge in [-0.15, -0.1) is 0 Å². The number of hydrogen-bond acceptors (Lipinski definition) is 5. The van der Waals surface area contributed by atoms with E-state index in [0.717, 1.165) is 6.07 Å². The van der Waals surface area contributed by atoms with Crippen LogP contribution in [0.25, 0.3) is 0 Å². The van der Waals surface area contributed by atoms with Crippen LogP contribution in [0.3, 0.4) is 0 Å². The van der Waals surface area contributed by atoms with Crippen LogP contribution in [0.5, 0.6) is 5.75 Å². The summed E-state index contributed by atoms with van der Waals surface area (Å²) in [5, 5.41) is 0. The van der Waals surface area contributed by atoms with Gasteiger partial charge in [0.15, 0.2) is 6.61 Å². The van der Waals surface area contributed by atoms with Crippen molar-refractivity contribution < 1.29 is 28.2 Å². The summed E-state index contributed by atoms with van der Waals surface area (Å²) in [6.45, 7) is 0.162. The summed E-state index contributed by atoms with van der Waals surface area (Å²) >= 11 is 0. The minimum Gasteiger partial charge on any atom is -0.497 e. The summed E-state index contributed by atoms with van der Waals surface area (Å²) in [5.41, 5.74) is 4.97. The van der Waals surface area contributed by atoms with E-state index in [4.69, 9.17) is 15.2 Å². The van der Waals surface area contributed by atoms with Crippen molar-refractivity contribution in [1.29, 1.82) is 0 Å². The van der Waals surface area contributed by atoms with Crippen molar-refractivity contribution in [2.75, 3.05) is 26.8 Å². The average Bonchev–Trinajstić information content (AvgIpc) is 2.59. The molecule has 2 rings (SSSR count). The first kappa shape index (κ1) is 17.7. The second kappa shape index (κ2) is 7.76. The van der Waals surface area contributed by atoms with E-state index < -0.39 is 36.1 Å². The lowest BCUT2D eigenvalue weighted by Gasteiger charge is -2.31. The highest BCUT2D eigenvalue weighted by molar-refractivity contribution is 5.91. The SMILES string of the molecule is COc1ccc(C(=O)OCC(=O)N2CCC[C@H](C(N)=O)C2)c(F)c1. The van der Waals surface area contributed by atoms with Crippen molar-refractivity contribution in [2.45, 2.75) is 12.8 Å². The smallest absolute Gasteiger partial charge is 0.341 e. The van der Waals surface area contributed by atoms with Gasteiger partial charge < -0.3 is 20.1 Å². The molecule has 1 heterocycles. The number of carbonyl (C=O) groups excluding carboxylic acids is 3. The number of halogens is 1. The minimum atomic E-state index is -0.938. The molecule has 0 unspecified atom stereocenters. The molecule has 0 bridgehead atoms. The Labute approximate surface area is 138 Å². The Morgan fingerprint density at radius 1 is 1.38 bits per heavy atom. The van der Waals surface area contributed by atoms with Gasteiger partial charge in [-0.3, -0.25) is 9.59 Å². The molecule has 0 saturated carbocycles. The summed E-state index contributed by atoms with van der Waals surface area (Å²) in [6.07, 6.45) is 1.29. The van der Waals surface area contributed by atoms with E-state index in [1.807, 2.05) is 0 Å². The number of piperidine rings is 1.